The Morgan fingerprint density at radius 1 is 1.09 bits per heavy atom. The van der Waals surface area contributed by atoms with E-state index in [2.05, 4.69) is 32.6 Å². The standard InChI is InChI=1S/C34H48N4O7/c1-16(33(2,3)4)38(14-17-9-10-17)15-19-13-22(39)24-20(26(19)36(5)6)11-18-12-21-27(37(7)8)29(41)25(32(35)44)31(43)34(21,45)30(42)23(18)28(24)40/h13,16-18,21,23,25,27,39,45H,9-12,14-15H2,1-8H3,(H2,35,44)/t16-,18+,21+,23?,25?,27+,34+/m1/s1. The van der Waals surface area contributed by atoms with Crippen LogP contribution < -0.4 is 10.6 Å². The number of hydrogen-bond donors (Lipinski definition) is 3. The second-order valence-corrected chi connectivity index (χ2v) is 15.4. The van der Waals surface area contributed by atoms with Crippen LogP contribution in [0.25, 0.3) is 0 Å². The third-order valence-corrected chi connectivity index (χ3v) is 10.9. The number of Topliss-reactive ketones (excluding diaryl/α,β-unsaturated/α-hetero) is 4. The second-order valence-electron chi connectivity index (χ2n) is 15.4. The molecule has 0 heterocycles. The minimum absolute atomic E-state index is 0.0111. The first-order valence-corrected chi connectivity index (χ1v) is 16.0. The number of phenolic OH excluding ortho intramolecular Hbond substituents is 1. The summed E-state index contributed by atoms with van der Waals surface area (Å²) in [5, 5.41) is 23.2. The summed E-state index contributed by atoms with van der Waals surface area (Å²) in [4.78, 5) is 73.3. The molecule has 4 aliphatic rings. The van der Waals surface area contributed by atoms with E-state index >= 15 is 0 Å². The zero-order valence-electron chi connectivity index (χ0n) is 27.7. The second kappa shape index (κ2) is 11.3. The minimum Gasteiger partial charge on any atom is -0.507 e. The Kier molecular flexibility index (Phi) is 8.32. The summed E-state index contributed by atoms with van der Waals surface area (Å²) >= 11 is 0. The highest BCUT2D eigenvalue weighted by atomic mass is 16.3. The topological polar surface area (TPSA) is 162 Å². The molecule has 4 aliphatic carbocycles. The summed E-state index contributed by atoms with van der Waals surface area (Å²) in [7, 11) is 6.94. The molecule has 45 heavy (non-hydrogen) atoms. The summed E-state index contributed by atoms with van der Waals surface area (Å²) in [6.07, 6.45) is 2.65. The molecule has 0 aliphatic heterocycles. The fraction of sp³-hybridized carbons (Fsp3) is 0.676. The van der Waals surface area contributed by atoms with Gasteiger partial charge in [-0.05, 0) is 81.1 Å². The molecule has 1 aromatic rings. The first kappa shape index (κ1) is 33.2. The van der Waals surface area contributed by atoms with E-state index in [0.717, 1.165) is 17.8 Å². The minimum atomic E-state index is -2.73. The molecule has 246 valence electrons. The lowest BCUT2D eigenvalue weighted by molar-refractivity contribution is -0.181. The van der Waals surface area contributed by atoms with Crippen LogP contribution >= 0.6 is 0 Å². The molecule has 3 fully saturated rings. The monoisotopic (exact) mass is 624 g/mol. The number of rotatable bonds is 8. The number of fused-ring (bicyclic) bond motifs is 3. The predicted octanol–water partition coefficient (Wildman–Crippen LogP) is 1.58. The lowest BCUT2D eigenvalue weighted by Crippen LogP contribution is -2.74. The number of phenols is 1. The van der Waals surface area contributed by atoms with Crippen molar-refractivity contribution in [2.45, 2.75) is 77.6 Å². The van der Waals surface area contributed by atoms with Crippen LogP contribution in [-0.2, 0) is 32.1 Å². The van der Waals surface area contributed by atoms with Crippen LogP contribution in [0.2, 0.25) is 0 Å². The van der Waals surface area contributed by atoms with Crippen LogP contribution in [0.3, 0.4) is 0 Å². The fourth-order valence-electron chi connectivity index (χ4n) is 8.16. The summed E-state index contributed by atoms with van der Waals surface area (Å²) in [5.41, 5.74) is 5.01. The normalized spacial score (nSPS) is 30.7. The molecule has 4 N–H and O–H groups in total. The Balaban J connectivity index is 1.60. The molecule has 0 radical (unpaired) electrons. The van der Waals surface area contributed by atoms with E-state index in [1.54, 1.807) is 20.2 Å². The molecule has 7 atom stereocenters. The number of nitrogens with zero attached hydrogens (tertiary/aromatic N) is 3. The average molecular weight is 625 g/mol. The average Bonchev–Trinajstić information content (AvgIpc) is 3.72. The molecule has 0 saturated heterocycles. The van der Waals surface area contributed by atoms with E-state index < -0.39 is 64.4 Å². The van der Waals surface area contributed by atoms with Crippen molar-refractivity contribution < 1.29 is 34.2 Å². The zero-order chi connectivity index (χ0) is 33.5. The lowest BCUT2D eigenvalue weighted by atomic mass is 9.52. The van der Waals surface area contributed by atoms with Crippen molar-refractivity contribution in [3.63, 3.8) is 0 Å². The quantitative estimate of drug-likeness (QED) is 0.362. The molecule has 3 saturated carbocycles. The summed E-state index contributed by atoms with van der Waals surface area (Å²) in [6.45, 7) is 10.3. The van der Waals surface area contributed by atoms with Crippen molar-refractivity contribution in [2.24, 2.45) is 40.7 Å². The highest BCUT2D eigenvalue weighted by Crippen LogP contribution is 2.52. The van der Waals surface area contributed by atoms with E-state index in [1.165, 1.54) is 17.7 Å². The maximum atomic E-state index is 14.2. The van der Waals surface area contributed by atoms with E-state index in [1.807, 2.05) is 19.0 Å². The largest absolute Gasteiger partial charge is 0.507 e. The van der Waals surface area contributed by atoms with Crippen LogP contribution in [0.4, 0.5) is 5.69 Å². The summed E-state index contributed by atoms with van der Waals surface area (Å²) < 4.78 is 0. The molecule has 0 bridgehead atoms. The summed E-state index contributed by atoms with van der Waals surface area (Å²) in [6, 6.07) is 0.719. The molecule has 0 spiro atoms. The van der Waals surface area contributed by atoms with E-state index in [-0.39, 0.29) is 35.6 Å². The Morgan fingerprint density at radius 3 is 2.22 bits per heavy atom. The van der Waals surface area contributed by atoms with Gasteiger partial charge in [0.1, 0.15) is 5.75 Å². The number of anilines is 1. The van der Waals surface area contributed by atoms with Crippen molar-refractivity contribution in [1.29, 1.82) is 0 Å². The molecule has 2 unspecified atom stereocenters. The van der Waals surface area contributed by atoms with Crippen LogP contribution in [0, 0.1) is 35.0 Å². The Hall–Kier alpha value is -3.15. The van der Waals surface area contributed by atoms with Crippen molar-refractivity contribution in [3.8, 4) is 5.75 Å². The van der Waals surface area contributed by atoms with Gasteiger partial charge in [-0.3, -0.25) is 33.8 Å². The molecule has 11 heteroatoms. The van der Waals surface area contributed by atoms with E-state index in [0.29, 0.717) is 18.0 Å². The highest BCUT2D eigenvalue weighted by molar-refractivity contribution is 6.32. The third-order valence-electron chi connectivity index (χ3n) is 10.9. The molecule has 1 amide bonds. The van der Waals surface area contributed by atoms with Gasteiger partial charge < -0.3 is 20.8 Å². The smallest absolute Gasteiger partial charge is 0.235 e. The number of primary amides is 1. The maximum absolute atomic E-state index is 14.2. The van der Waals surface area contributed by atoms with Gasteiger partial charge in [-0.2, -0.15) is 0 Å². The number of likely N-dealkylation sites (N-methyl/N-ethyl adjacent to an activating group) is 1. The Labute approximate surface area is 265 Å². The first-order chi connectivity index (χ1) is 20.8. The number of ketones is 4. The molecule has 1 aromatic carbocycles. The Morgan fingerprint density at radius 2 is 1.71 bits per heavy atom. The van der Waals surface area contributed by atoms with Gasteiger partial charge in [0, 0.05) is 44.8 Å². The van der Waals surface area contributed by atoms with Gasteiger partial charge in [0.25, 0.3) is 0 Å². The van der Waals surface area contributed by atoms with Crippen molar-refractivity contribution in [1.82, 2.24) is 9.80 Å². The third kappa shape index (κ3) is 5.30. The lowest BCUT2D eigenvalue weighted by Gasteiger charge is -2.52. The van der Waals surface area contributed by atoms with Gasteiger partial charge in [0.05, 0.1) is 17.5 Å². The number of aromatic hydroxyl groups is 1. The maximum Gasteiger partial charge on any atom is 0.235 e. The molecule has 0 aromatic heterocycles. The van der Waals surface area contributed by atoms with Crippen LogP contribution in [-0.4, -0.2) is 101 Å². The van der Waals surface area contributed by atoms with Crippen molar-refractivity contribution in [3.05, 3.63) is 22.8 Å². The molecular weight excluding hydrogens is 576 g/mol. The number of amides is 1. The van der Waals surface area contributed by atoms with Crippen LogP contribution in [0.5, 0.6) is 5.75 Å². The van der Waals surface area contributed by atoms with Gasteiger partial charge >= 0.3 is 0 Å². The number of hydrogen-bond acceptors (Lipinski definition) is 10. The predicted molar refractivity (Wildman–Crippen MR) is 168 cm³/mol. The summed E-state index contributed by atoms with van der Waals surface area (Å²) in [5.74, 6) is -9.73. The van der Waals surface area contributed by atoms with Crippen molar-refractivity contribution >= 4 is 34.7 Å². The number of benzene rings is 1. The highest BCUT2D eigenvalue weighted by Gasteiger charge is 2.69. The van der Waals surface area contributed by atoms with Gasteiger partial charge in [0.15, 0.2) is 34.7 Å². The molecule has 11 nitrogen and oxygen atoms in total. The van der Waals surface area contributed by atoms with Gasteiger partial charge in [-0.1, -0.05) is 20.8 Å². The van der Waals surface area contributed by atoms with Gasteiger partial charge in [-0.25, -0.2) is 0 Å². The van der Waals surface area contributed by atoms with Gasteiger partial charge in [-0.15, -0.1) is 0 Å². The number of carbonyl (C=O) groups is 5. The number of aliphatic hydroxyl groups is 1. The van der Waals surface area contributed by atoms with Crippen LogP contribution in [0.1, 0.15) is 68.4 Å². The SMILES string of the molecule is C[C@@H](N(Cc1cc(O)c2c(c1N(C)C)C[C@H]1C[C@H]3[C@H](N(C)C)C(=O)C(C(N)=O)C(=O)[C@@]3(O)C(=O)C1C2=O)CC1CC1)C(C)(C)C. The van der Waals surface area contributed by atoms with Gasteiger partial charge in [0.2, 0.25) is 5.91 Å². The van der Waals surface area contributed by atoms with Crippen molar-refractivity contribution in [2.75, 3.05) is 39.6 Å². The zero-order valence-corrected chi connectivity index (χ0v) is 27.7. The fourth-order valence-corrected chi connectivity index (χ4v) is 8.16. The first-order valence-electron chi connectivity index (χ1n) is 16.0. The van der Waals surface area contributed by atoms with E-state index in [9.17, 15) is 34.2 Å². The molecule has 5 rings (SSSR count). The van der Waals surface area contributed by atoms with E-state index in [4.69, 9.17) is 5.73 Å². The van der Waals surface area contributed by atoms with Crippen LogP contribution in [0.15, 0.2) is 6.07 Å². The number of carbonyl (C=O) groups excluding carboxylic acids is 5. The Bertz CT molecular complexity index is 1460. The number of nitrogens with two attached hydrogens (primary N) is 1. The molecular formula is C34H48N4O7.